The molecule has 0 fully saturated rings. The molecule has 1 aliphatic rings. The maximum Gasteiger partial charge on any atom is 0.143 e. The lowest BCUT2D eigenvalue weighted by Crippen LogP contribution is -2.12. The van der Waals surface area contributed by atoms with Crippen LogP contribution in [0, 0.1) is 0 Å². The highest BCUT2D eigenvalue weighted by atomic mass is 16.5. The summed E-state index contributed by atoms with van der Waals surface area (Å²) in [7, 11) is 0. The maximum absolute atomic E-state index is 7.18. The van der Waals surface area contributed by atoms with Crippen molar-refractivity contribution in [1.82, 2.24) is 0 Å². The van der Waals surface area contributed by atoms with Gasteiger partial charge in [-0.05, 0) is 70.3 Å². The number of benzene rings is 9. The average molecular weight is 704 g/mol. The van der Waals surface area contributed by atoms with Crippen molar-refractivity contribution in [3.63, 3.8) is 0 Å². The smallest absolute Gasteiger partial charge is 0.143 e. The Hall–Kier alpha value is -7.36. The Morgan fingerprint density at radius 2 is 0.909 bits per heavy atom. The van der Waals surface area contributed by atoms with E-state index in [1.54, 1.807) is 0 Å². The number of hydrogen-bond donors (Lipinski definition) is 0. The molecule has 0 unspecified atom stereocenters. The molecule has 0 aliphatic carbocycles. The molecule has 1 aromatic heterocycles. The summed E-state index contributed by atoms with van der Waals surface area (Å²) in [5, 5.41) is 4.26. The summed E-state index contributed by atoms with van der Waals surface area (Å²) >= 11 is 0. The molecule has 0 saturated carbocycles. The monoisotopic (exact) mass is 703 g/mol. The second kappa shape index (κ2) is 12.6. The van der Waals surface area contributed by atoms with Gasteiger partial charge in [0.05, 0.1) is 22.4 Å². The Labute approximate surface area is 318 Å². The zero-order valence-corrected chi connectivity index (χ0v) is 29.8. The first kappa shape index (κ1) is 31.2. The molecule has 0 spiro atoms. The first-order valence-corrected chi connectivity index (χ1v) is 18.7. The van der Waals surface area contributed by atoms with Gasteiger partial charge in [0, 0.05) is 32.8 Å². The van der Waals surface area contributed by atoms with E-state index in [1.165, 1.54) is 0 Å². The molecule has 11 rings (SSSR count). The number of furan rings is 1. The molecule has 1 aliphatic heterocycles. The van der Waals surface area contributed by atoms with Crippen LogP contribution in [-0.4, -0.2) is 0 Å². The molecule has 0 atom stereocenters. The molecular formula is C52H33NO2. The topological polar surface area (TPSA) is 25.6 Å². The van der Waals surface area contributed by atoms with Crippen molar-refractivity contribution >= 4 is 49.8 Å². The first-order valence-electron chi connectivity index (χ1n) is 18.7. The number of ether oxygens (including phenoxy) is 1. The van der Waals surface area contributed by atoms with Gasteiger partial charge in [-0.2, -0.15) is 0 Å². The Morgan fingerprint density at radius 3 is 1.75 bits per heavy atom. The molecule has 0 radical (unpaired) electrons. The standard InChI is InChI=1S/C52H33NO2/c1-3-16-34(17-4-1)36-20-9-11-26-44(36)53(46-28-15-31-49-51(46)43-23-10-12-29-47(43)54-49)45-27-13-25-41-39(45)32-33-42-38-21-7-8-22-40(38)50-37(35-18-5-2-6-19-35)24-14-30-48(50)55-52(41)42/h1-33H. The number of fused-ring (bicyclic) bond motifs is 10. The normalized spacial score (nSPS) is 11.8. The number of anilines is 3. The van der Waals surface area contributed by atoms with Crippen LogP contribution in [-0.2, 0) is 0 Å². The number of para-hydroxylation sites is 2. The van der Waals surface area contributed by atoms with E-state index in [9.17, 15) is 0 Å². The highest BCUT2D eigenvalue weighted by molar-refractivity contribution is 6.16. The van der Waals surface area contributed by atoms with E-state index < -0.39 is 0 Å². The summed E-state index contributed by atoms with van der Waals surface area (Å²) in [6.07, 6.45) is 0. The Balaban J connectivity index is 1.20. The van der Waals surface area contributed by atoms with Crippen molar-refractivity contribution in [2.45, 2.75) is 0 Å². The van der Waals surface area contributed by atoms with Crippen LogP contribution in [0.3, 0.4) is 0 Å². The number of nitrogens with zero attached hydrogens (tertiary/aromatic N) is 1. The molecule has 0 saturated heterocycles. The molecule has 0 amide bonds. The van der Waals surface area contributed by atoms with Crippen molar-refractivity contribution < 1.29 is 9.15 Å². The van der Waals surface area contributed by atoms with Crippen molar-refractivity contribution in [3.05, 3.63) is 200 Å². The minimum atomic E-state index is 0.839. The molecule has 55 heavy (non-hydrogen) atoms. The van der Waals surface area contributed by atoms with E-state index >= 15 is 0 Å². The molecule has 0 N–H and O–H groups in total. The fourth-order valence-electron chi connectivity index (χ4n) is 8.49. The minimum absolute atomic E-state index is 0.839. The van der Waals surface area contributed by atoms with Crippen LogP contribution in [0.5, 0.6) is 11.5 Å². The summed E-state index contributed by atoms with van der Waals surface area (Å²) in [6.45, 7) is 0. The van der Waals surface area contributed by atoms with Crippen molar-refractivity contribution in [2.24, 2.45) is 0 Å². The van der Waals surface area contributed by atoms with E-state index in [2.05, 4.69) is 193 Å². The summed E-state index contributed by atoms with van der Waals surface area (Å²) in [5.41, 5.74) is 13.9. The third-order valence-electron chi connectivity index (χ3n) is 10.9. The minimum Gasteiger partial charge on any atom is -0.456 e. The Morgan fingerprint density at radius 1 is 0.327 bits per heavy atom. The molecule has 9 aromatic carbocycles. The average Bonchev–Trinajstić information content (AvgIpc) is 3.57. The van der Waals surface area contributed by atoms with Gasteiger partial charge in [0.1, 0.15) is 22.7 Å². The fourth-order valence-corrected chi connectivity index (χ4v) is 8.49. The molecule has 3 heteroatoms. The van der Waals surface area contributed by atoms with Gasteiger partial charge in [-0.3, -0.25) is 0 Å². The van der Waals surface area contributed by atoms with Gasteiger partial charge in [0.2, 0.25) is 0 Å². The summed E-state index contributed by atoms with van der Waals surface area (Å²) in [5.74, 6) is 1.69. The van der Waals surface area contributed by atoms with Gasteiger partial charge in [-0.25, -0.2) is 0 Å². The quantitative estimate of drug-likeness (QED) is 0.178. The van der Waals surface area contributed by atoms with Gasteiger partial charge in [0.15, 0.2) is 0 Å². The lowest BCUT2D eigenvalue weighted by atomic mass is 9.89. The third-order valence-corrected chi connectivity index (χ3v) is 10.9. The predicted molar refractivity (Wildman–Crippen MR) is 228 cm³/mol. The van der Waals surface area contributed by atoms with Crippen molar-refractivity contribution in [3.8, 4) is 56.0 Å². The zero-order valence-electron chi connectivity index (χ0n) is 29.8. The highest BCUT2D eigenvalue weighted by Crippen LogP contribution is 2.54. The number of rotatable bonds is 5. The Kier molecular flexibility index (Phi) is 7.17. The van der Waals surface area contributed by atoms with Gasteiger partial charge < -0.3 is 14.1 Å². The maximum atomic E-state index is 7.18. The van der Waals surface area contributed by atoms with E-state index in [0.29, 0.717) is 0 Å². The third kappa shape index (κ3) is 4.98. The van der Waals surface area contributed by atoms with E-state index in [1.807, 2.05) is 12.1 Å². The lowest BCUT2D eigenvalue weighted by molar-refractivity contribution is 0.493. The fraction of sp³-hybridized carbons (Fsp3) is 0. The van der Waals surface area contributed by atoms with E-state index in [4.69, 9.17) is 9.15 Å². The van der Waals surface area contributed by atoms with Gasteiger partial charge in [-0.15, -0.1) is 0 Å². The SMILES string of the molecule is c1ccc(-c2ccccc2N(c2cccc3c4c(ccc23)-c2ccccc2-c2c(cccc2-c2ccccc2)O4)c2cccc3oc4ccccc4c23)cc1. The van der Waals surface area contributed by atoms with Gasteiger partial charge >= 0.3 is 0 Å². The summed E-state index contributed by atoms with van der Waals surface area (Å²) in [6, 6.07) is 70.8. The van der Waals surface area contributed by atoms with Gasteiger partial charge in [0.25, 0.3) is 0 Å². The van der Waals surface area contributed by atoms with Crippen LogP contribution >= 0.6 is 0 Å². The van der Waals surface area contributed by atoms with E-state index in [0.717, 1.165) is 106 Å². The van der Waals surface area contributed by atoms with E-state index in [-0.39, 0.29) is 0 Å². The Bertz CT molecular complexity index is 3070. The highest BCUT2D eigenvalue weighted by Gasteiger charge is 2.28. The second-order valence-electron chi connectivity index (χ2n) is 14.0. The molecule has 0 bridgehead atoms. The van der Waals surface area contributed by atoms with Crippen LogP contribution in [0.1, 0.15) is 0 Å². The van der Waals surface area contributed by atoms with Crippen LogP contribution in [0.4, 0.5) is 17.1 Å². The largest absolute Gasteiger partial charge is 0.456 e. The molecule has 258 valence electrons. The summed E-state index contributed by atoms with van der Waals surface area (Å²) < 4.78 is 13.6. The van der Waals surface area contributed by atoms with Crippen LogP contribution < -0.4 is 9.64 Å². The zero-order chi connectivity index (χ0) is 36.3. The van der Waals surface area contributed by atoms with Crippen LogP contribution in [0.2, 0.25) is 0 Å². The predicted octanol–water partition coefficient (Wildman–Crippen LogP) is 15.0. The molecule has 10 aromatic rings. The first-order chi connectivity index (χ1) is 27.3. The summed E-state index contributed by atoms with van der Waals surface area (Å²) in [4.78, 5) is 2.41. The van der Waals surface area contributed by atoms with Crippen molar-refractivity contribution in [1.29, 1.82) is 0 Å². The van der Waals surface area contributed by atoms with Crippen LogP contribution in [0.15, 0.2) is 205 Å². The molecule has 3 nitrogen and oxygen atoms in total. The molecular weight excluding hydrogens is 671 g/mol. The number of hydrogen-bond acceptors (Lipinski definition) is 3. The second-order valence-corrected chi connectivity index (χ2v) is 14.0. The molecule has 2 heterocycles. The van der Waals surface area contributed by atoms with Crippen molar-refractivity contribution in [2.75, 3.05) is 4.90 Å². The van der Waals surface area contributed by atoms with Gasteiger partial charge in [-0.1, -0.05) is 158 Å². The van der Waals surface area contributed by atoms with Crippen LogP contribution in [0.25, 0.3) is 77.2 Å². The lowest BCUT2D eigenvalue weighted by Gasteiger charge is -2.30.